The van der Waals surface area contributed by atoms with E-state index in [2.05, 4.69) is 0 Å². The molecule has 3 rings (SSSR count). The maximum atomic E-state index is 12.5. The zero-order valence-electron chi connectivity index (χ0n) is 17.4. The van der Waals surface area contributed by atoms with E-state index in [0.717, 1.165) is 6.07 Å². The van der Waals surface area contributed by atoms with Crippen LogP contribution in [0, 0.1) is 0 Å². The van der Waals surface area contributed by atoms with Crippen molar-refractivity contribution < 1.29 is 47.3 Å². The molecule has 11 nitrogen and oxygen atoms in total. The molecule has 178 valence electrons. The second-order valence-corrected chi connectivity index (χ2v) is 8.95. The molecule has 12 heteroatoms. The predicted molar refractivity (Wildman–Crippen MR) is 115 cm³/mol. The minimum absolute atomic E-state index is 0.0351. The minimum Gasteiger partial charge on any atom is -0.504 e. The number of ether oxygens (including phenoxy) is 1. The second-order valence-electron chi connectivity index (χ2n) is 6.64. The van der Waals surface area contributed by atoms with Crippen LogP contribution in [0.2, 0.25) is 0 Å². The molecule has 2 aromatic rings. The molecule has 0 aliphatic heterocycles. The van der Waals surface area contributed by atoms with Crippen molar-refractivity contribution in [1.29, 1.82) is 0 Å². The van der Waals surface area contributed by atoms with Crippen LogP contribution in [0.1, 0.15) is 37.8 Å². The van der Waals surface area contributed by atoms with E-state index >= 15 is 0 Å². The first-order valence-corrected chi connectivity index (χ1v) is 11.5. The summed E-state index contributed by atoms with van der Waals surface area (Å²) in [4.78, 5) is 36.8. The van der Waals surface area contributed by atoms with Crippen LogP contribution in [0.25, 0.3) is 5.76 Å². The number of ketones is 2. The van der Waals surface area contributed by atoms with Gasteiger partial charge in [-0.15, -0.1) is 0 Å². The molecule has 1 aromatic carbocycles. The third kappa shape index (κ3) is 6.58. The number of aliphatic hydroxyl groups excluding tert-OH is 3. The number of hydrogen-bond donors (Lipinski definition) is 4. The molecule has 0 saturated carbocycles. The molecule has 33 heavy (non-hydrogen) atoms. The van der Waals surface area contributed by atoms with Gasteiger partial charge in [0.25, 0.3) is 0 Å². The van der Waals surface area contributed by atoms with Crippen LogP contribution in [-0.2, 0) is 19.4 Å². The number of hydrogen-bond acceptors (Lipinski definition) is 11. The highest BCUT2D eigenvalue weighted by molar-refractivity contribution is 7.91. The summed E-state index contributed by atoms with van der Waals surface area (Å²) in [5.41, 5.74) is 5.13. The molecule has 0 bridgehead atoms. The van der Waals surface area contributed by atoms with Gasteiger partial charge in [0.15, 0.2) is 32.9 Å². The van der Waals surface area contributed by atoms with Gasteiger partial charge >= 0.3 is 5.97 Å². The van der Waals surface area contributed by atoms with Crippen LogP contribution in [0.5, 0.6) is 0 Å². The summed E-state index contributed by atoms with van der Waals surface area (Å²) in [6, 6.07) is 7.36. The van der Waals surface area contributed by atoms with Crippen LogP contribution in [0.15, 0.2) is 40.8 Å². The van der Waals surface area contributed by atoms with E-state index in [0.29, 0.717) is 12.6 Å². The molecule has 0 fully saturated rings. The summed E-state index contributed by atoms with van der Waals surface area (Å²) in [6.45, 7) is -0.534. The number of benzene rings is 1. The summed E-state index contributed by atoms with van der Waals surface area (Å²) >= 11 is 0. The Bertz CT molecular complexity index is 1110. The summed E-state index contributed by atoms with van der Waals surface area (Å²) in [6.07, 6.45) is 0.644. The number of nitrogens with two attached hydrogens (primary N) is 1. The standard InChI is InChI=1S/C19H16O9S.C2H7NO/c20-5-7-29(25,26)8-6-27-16(22)10-14(21)15-9-13-17(23)11-3-1-2-4-12(11)18(24)19(13)28-15;3-1-2-4/h1-4,9-10,20-21H,5-8H2;4H,1-3H2/b14-10-;. The maximum Gasteiger partial charge on any atom is 0.334 e. The summed E-state index contributed by atoms with van der Waals surface area (Å²) in [5.74, 6) is -4.16. The minimum atomic E-state index is -3.55. The van der Waals surface area contributed by atoms with Gasteiger partial charge in [-0.3, -0.25) is 9.59 Å². The number of rotatable bonds is 8. The number of carbonyl (C=O) groups excluding carboxylic acids is 3. The fraction of sp³-hybridized carbons (Fsp3) is 0.286. The van der Waals surface area contributed by atoms with Gasteiger partial charge in [-0.25, -0.2) is 13.2 Å². The average molecular weight is 481 g/mol. The Hall–Kier alpha value is -3.32. The third-order valence-electron chi connectivity index (χ3n) is 4.28. The van der Waals surface area contributed by atoms with Crippen molar-refractivity contribution >= 4 is 33.1 Å². The lowest BCUT2D eigenvalue weighted by molar-refractivity contribution is -0.137. The van der Waals surface area contributed by atoms with Crippen LogP contribution >= 0.6 is 0 Å². The van der Waals surface area contributed by atoms with Gasteiger partial charge < -0.3 is 30.2 Å². The van der Waals surface area contributed by atoms with Crippen molar-refractivity contribution in [2.75, 3.05) is 37.9 Å². The van der Waals surface area contributed by atoms with Crippen molar-refractivity contribution in [1.82, 2.24) is 0 Å². The Morgan fingerprint density at radius 1 is 1.03 bits per heavy atom. The molecular formula is C21H23NO10S. The van der Waals surface area contributed by atoms with E-state index in [4.69, 9.17) is 25.1 Å². The van der Waals surface area contributed by atoms with E-state index < -0.39 is 57.9 Å². The lowest BCUT2D eigenvalue weighted by Crippen LogP contribution is -2.19. The lowest BCUT2D eigenvalue weighted by atomic mass is 9.88. The van der Waals surface area contributed by atoms with E-state index in [1.807, 2.05) is 0 Å². The van der Waals surface area contributed by atoms with E-state index in [1.165, 1.54) is 12.1 Å². The smallest absolute Gasteiger partial charge is 0.334 e. The molecule has 0 unspecified atom stereocenters. The first-order valence-electron chi connectivity index (χ1n) is 9.67. The Morgan fingerprint density at radius 2 is 1.64 bits per heavy atom. The lowest BCUT2D eigenvalue weighted by Gasteiger charge is -2.11. The number of furan rings is 1. The fourth-order valence-corrected chi connectivity index (χ4v) is 3.56. The SMILES string of the molecule is NCCO.O=C(/C=C(\O)c1cc2c(o1)C(=O)c1ccccc1C2=O)OCCS(=O)(=O)CCO. The van der Waals surface area contributed by atoms with Gasteiger partial charge in [-0.2, -0.15) is 0 Å². The van der Waals surface area contributed by atoms with Crippen molar-refractivity contribution in [2.24, 2.45) is 5.73 Å². The van der Waals surface area contributed by atoms with Gasteiger partial charge in [0.1, 0.15) is 6.61 Å². The Balaban J connectivity index is 0.000000890. The van der Waals surface area contributed by atoms with E-state index in [-0.39, 0.29) is 34.8 Å². The largest absolute Gasteiger partial charge is 0.504 e. The molecule has 0 spiro atoms. The topological polar surface area (TPSA) is 194 Å². The number of aliphatic hydroxyl groups is 3. The highest BCUT2D eigenvalue weighted by Crippen LogP contribution is 2.31. The second kappa shape index (κ2) is 11.5. The quantitative estimate of drug-likeness (QED) is 0.190. The number of carbonyl (C=O) groups is 3. The van der Waals surface area contributed by atoms with Crippen LogP contribution in [0.4, 0.5) is 0 Å². The van der Waals surface area contributed by atoms with Gasteiger partial charge in [0.05, 0.1) is 36.4 Å². The Kier molecular flexibility index (Phi) is 9.05. The van der Waals surface area contributed by atoms with Crippen molar-refractivity contribution in [3.05, 3.63) is 64.6 Å². The first kappa shape index (κ1) is 25.9. The van der Waals surface area contributed by atoms with Gasteiger partial charge in [0, 0.05) is 17.7 Å². The molecule has 0 radical (unpaired) electrons. The molecule has 1 aromatic heterocycles. The molecule has 0 amide bonds. The van der Waals surface area contributed by atoms with Crippen LogP contribution in [0.3, 0.4) is 0 Å². The Labute approximate surface area is 189 Å². The van der Waals surface area contributed by atoms with Crippen molar-refractivity contribution in [3.8, 4) is 0 Å². The van der Waals surface area contributed by atoms with Gasteiger partial charge in [-0.05, 0) is 6.07 Å². The number of fused-ring (bicyclic) bond motifs is 2. The third-order valence-corrected chi connectivity index (χ3v) is 5.87. The maximum absolute atomic E-state index is 12.5. The van der Waals surface area contributed by atoms with Gasteiger partial charge in [0.2, 0.25) is 5.78 Å². The normalized spacial score (nSPS) is 13.0. The zero-order chi connectivity index (χ0) is 24.6. The molecule has 0 saturated heterocycles. The predicted octanol–water partition coefficient (Wildman–Crippen LogP) is -0.158. The van der Waals surface area contributed by atoms with Crippen LogP contribution < -0.4 is 5.73 Å². The monoisotopic (exact) mass is 481 g/mol. The average Bonchev–Trinajstić information content (AvgIpc) is 3.24. The molecular weight excluding hydrogens is 458 g/mol. The van der Waals surface area contributed by atoms with E-state index in [1.54, 1.807) is 12.1 Å². The van der Waals surface area contributed by atoms with Gasteiger partial charge in [-0.1, -0.05) is 24.3 Å². The molecule has 0 atom stereocenters. The van der Waals surface area contributed by atoms with Crippen LogP contribution in [-0.4, -0.2) is 79.1 Å². The molecule has 1 aliphatic rings. The molecule has 1 heterocycles. The van der Waals surface area contributed by atoms with Crippen molar-refractivity contribution in [3.63, 3.8) is 0 Å². The van der Waals surface area contributed by atoms with Crippen molar-refractivity contribution in [2.45, 2.75) is 0 Å². The highest BCUT2D eigenvalue weighted by atomic mass is 32.2. The zero-order valence-corrected chi connectivity index (χ0v) is 18.2. The summed E-state index contributed by atoms with van der Waals surface area (Å²) in [5, 5.41) is 26.4. The summed E-state index contributed by atoms with van der Waals surface area (Å²) in [7, 11) is -3.55. The van der Waals surface area contributed by atoms with E-state index in [9.17, 15) is 27.9 Å². The highest BCUT2D eigenvalue weighted by Gasteiger charge is 2.34. The first-order chi connectivity index (χ1) is 15.6. The fourth-order valence-electron chi connectivity index (χ4n) is 2.74. The number of esters is 1. The molecule has 1 aliphatic carbocycles. The summed E-state index contributed by atoms with van der Waals surface area (Å²) < 4.78 is 32.8. The Morgan fingerprint density at radius 3 is 2.21 bits per heavy atom. The molecule has 5 N–H and O–H groups in total. The number of sulfone groups is 1.